The normalized spacial score (nSPS) is 9.81. The maximum Gasteiger partial charge on any atom is 0.335 e. The maximum atomic E-state index is 10.8. The molecule has 0 saturated heterocycles. The van der Waals surface area contributed by atoms with Crippen molar-refractivity contribution in [3.05, 3.63) is 83.2 Å². The molecule has 0 unspecified atom stereocenters. The lowest BCUT2D eigenvalue weighted by Crippen LogP contribution is -2.12. The van der Waals surface area contributed by atoms with Crippen molar-refractivity contribution in [2.75, 3.05) is 0 Å². The number of carbonyl (C=O) groups excluding carboxylic acids is 1. The Morgan fingerprint density at radius 2 is 1.48 bits per heavy atom. The van der Waals surface area contributed by atoms with E-state index in [0.717, 1.165) is 11.8 Å². The standard InChI is InChI=1S/C10H9N3O.C9H8O4/c11-10(14)9-6-7-13(12-9)8-4-2-1-3-5-8;1-5-2-6(8(10)11)4-7(3-5)9(12)13/h1-7H,(H2,11,14);2-4H,1H3,(H,10,11)(H,12,13). The Labute approximate surface area is 154 Å². The predicted molar refractivity (Wildman–Crippen MR) is 97.2 cm³/mol. The zero-order valence-electron chi connectivity index (χ0n) is 14.4. The summed E-state index contributed by atoms with van der Waals surface area (Å²) < 4.78 is 1.61. The van der Waals surface area contributed by atoms with Crippen molar-refractivity contribution < 1.29 is 24.6 Å². The molecule has 0 spiro atoms. The summed E-state index contributed by atoms with van der Waals surface area (Å²) in [5.41, 5.74) is 6.88. The molecule has 1 aromatic heterocycles. The number of aryl methyl sites for hydroxylation is 1. The van der Waals surface area contributed by atoms with Gasteiger partial charge in [0.15, 0.2) is 0 Å². The minimum Gasteiger partial charge on any atom is -0.478 e. The molecular formula is C19H17N3O5. The van der Waals surface area contributed by atoms with Crippen molar-refractivity contribution in [3.8, 4) is 5.69 Å². The smallest absolute Gasteiger partial charge is 0.335 e. The van der Waals surface area contributed by atoms with E-state index in [1.54, 1.807) is 23.9 Å². The summed E-state index contributed by atoms with van der Waals surface area (Å²) in [6, 6.07) is 15.1. The first-order valence-corrected chi connectivity index (χ1v) is 7.77. The van der Waals surface area contributed by atoms with Gasteiger partial charge in [0.25, 0.3) is 5.91 Å². The molecular weight excluding hydrogens is 350 g/mol. The summed E-state index contributed by atoms with van der Waals surface area (Å²) in [6.07, 6.45) is 1.70. The second-order valence-electron chi connectivity index (χ2n) is 5.54. The number of rotatable bonds is 4. The summed E-state index contributed by atoms with van der Waals surface area (Å²) in [5, 5.41) is 21.3. The number of carboxylic acid groups (broad SMARTS) is 2. The van der Waals surface area contributed by atoms with Gasteiger partial charge in [-0.05, 0) is 48.9 Å². The van der Waals surface area contributed by atoms with Crippen LogP contribution in [0.1, 0.15) is 36.8 Å². The van der Waals surface area contributed by atoms with Crippen LogP contribution >= 0.6 is 0 Å². The third kappa shape index (κ3) is 5.27. The van der Waals surface area contributed by atoms with E-state index in [2.05, 4.69) is 5.10 Å². The molecule has 0 saturated carbocycles. The third-order valence-electron chi connectivity index (χ3n) is 3.43. The van der Waals surface area contributed by atoms with Gasteiger partial charge in [-0.15, -0.1) is 0 Å². The Hall–Kier alpha value is -3.94. The highest BCUT2D eigenvalue weighted by Gasteiger charge is 2.09. The first-order valence-electron chi connectivity index (χ1n) is 7.77. The zero-order valence-corrected chi connectivity index (χ0v) is 14.4. The Bertz CT molecular complexity index is 948. The summed E-state index contributed by atoms with van der Waals surface area (Å²) >= 11 is 0. The fraction of sp³-hybridized carbons (Fsp3) is 0.0526. The van der Waals surface area contributed by atoms with Crippen molar-refractivity contribution >= 4 is 17.8 Å². The molecule has 2 aromatic carbocycles. The molecule has 0 aliphatic rings. The second kappa shape index (κ2) is 8.43. The highest BCUT2D eigenvalue weighted by molar-refractivity contribution is 5.94. The molecule has 0 atom stereocenters. The van der Waals surface area contributed by atoms with Crippen molar-refractivity contribution in [3.63, 3.8) is 0 Å². The number of aromatic nitrogens is 2. The van der Waals surface area contributed by atoms with Gasteiger partial charge in [0.05, 0.1) is 16.8 Å². The van der Waals surface area contributed by atoms with Crippen LogP contribution in [0.2, 0.25) is 0 Å². The fourth-order valence-corrected chi connectivity index (χ4v) is 2.21. The molecule has 3 rings (SSSR count). The molecule has 0 aliphatic carbocycles. The maximum absolute atomic E-state index is 10.8. The molecule has 0 fully saturated rings. The monoisotopic (exact) mass is 367 g/mol. The Balaban J connectivity index is 0.000000194. The first kappa shape index (κ1) is 19.4. The average Bonchev–Trinajstić information content (AvgIpc) is 3.13. The van der Waals surface area contributed by atoms with Gasteiger partial charge < -0.3 is 15.9 Å². The molecule has 0 aliphatic heterocycles. The Morgan fingerprint density at radius 1 is 0.926 bits per heavy atom. The van der Waals surface area contributed by atoms with Crippen molar-refractivity contribution in [1.29, 1.82) is 0 Å². The van der Waals surface area contributed by atoms with E-state index in [-0.39, 0.29) is 16.8 Å². The number of hydrogen-bond acceptors (Lipinski definition) is 4. The second-order valence-corrected chi connectivity index (χ2v) is 5.54. The molecule has 0 radical (unpaired) electrons. The van der Waals surface area contributed by atoms with Crippen LogP contribution < -0.4 is 5.73 Å². The molecule has 3 aromatic rings. The SMILES string of the molecule is Cc1cc(C(=O)O)cc(C(=O)O)c1.NC(=O)c1ccn(-c2ccccc2)n1. The minimum atomic E-state index is -1.12. The quantitative estimate of drug-likeness (QED) is 0.648. The summed E-state index contributed by atoms with van der Waals surface area (Å²) in [5.74, 6) is -2.75. The molecule has 1 heterocycles. The van der Waals surface area contributed by atoms with Crippen LogP contribution in [-0.4, -0.2) is 37.8 Å². The van der Waals surface area contributed by atoms with Crippen LogP contribution in [0.5, 0.6) is 0 Å². The number of primary amides is 1. The molecule has 4 N–H and O–H groups in total. The van der Waals surface area contributed by atoms with E-state index in [1.807, 2.05) is 30.3 Å². The van der Waals surface area contributed by atoms with Gasteiger partial charge in [-0.1, -0.05) is 18.2 Å². The fourth-order valence-electron chi connectivity index (χ4n) is 2.21. The number of amides is 1. The van der Waals surface area contributed by atoms with Gasteiger partial charge in [-0.3, -0.25) is 4.79 Å². The number of nitrogens with two attached hydrogens (primary N) is 1. The van der Waals surface area contributed by atoms with Crippen LogP contribution in [0.4, 0.5) is 0 Å². The van der Waals surface area contributed by atoms with Gasteiger partial charge in [0, 0.05) is 6.20 Å². The van der Waals surface area contributed by atoms with Crippen molar-refractivity contribution in [2.45, 2.75) is 6.92 Å². The number of para-hydroxylation sites is 1. The van der Waals surface area contributed by atoms with Crippen LogP contribution in [0.25, 0.3) is 5.69 Å². The van der Waals surface area contributed by atoms with Crippen molar-refractivity contribution in [2.24, 2.45) is 5.73 Å². The lowest BCUT2D eigenvalue weighted by atomic mass is 10.1. The predicted octanol–water partition coefficient (Wildman–Crippen LogP) is 2.36. The van der Waals surface area contributed by atoms with E-state index in [1.165, 1.54) is 12.1 Å². The van der Waals surface area contributed by atoms with E-state index in [0.29, 0.717) is 5.56 Å². The van der Waals surface area contributed by atoms with Crippen LogP contribution in [0.3, 0.4) is 0 Å². The summed E-state index contributed by atoms with van der Waals surface area (Å²) in [4.78, 5) is 31.9. The van der Waals surface area contributed by atoms with Crippen LogP contribution in [-0.2, 0) is 0 Å². The van der Waals surface area contributed by atoms with Gasteiger partial charge in [0.1, 0.15) is 5.69 Å². The van der Waals surface area contributed by atoms with Crippen LogP contribution in [0, 0.1) is 6.92 Å². The Morgan fingerprint density at radius 3 is 1.93 bits per heavy atom. The number of benzene rings is 2. The largest absolute Gasteiger partial charge is 0.478 e. The van der Waals surface area contributed by atoms with E-state index < -0.39 is 17.8 Å². The lowest BCUT2D eigenvalue weighted by Gasteiger charge is -1.99. The number of aromatic carboxylic acids is 2. The molecule has 8 heteroatoms. The first-order chi connectivity index (χ1) is 12.8. The topological polar surface area (TPSA) is 136 Å². The number of carbonyl (C=O) groups is 3. The van der Waals surface area contributed by atoms with E-state index >= 15 is 0 Å². The Kier molecular flexibility index (Phi) is 6.06. The lowest BCUT2D eigenvalue weighted by molar-refractivity contribution is 0.0696. The van der Waals surface area contributed by atoms with Crippen molar-refractivity contribution in [1.82, 2.24) is 9.78 Å². The number of nitrogens with zero attached hydrogens (tertiary/aromatic N) is 2. The number of hydrogen-bond donors (Lipinski definition) is 3. The molecule has 138 valence electrons. The van der Waals surface area contributed by atoms with Gasteiger partial charge in [-0.2, -0.15) is 5.10 Å². The van der Waals surface area contributed by atoms with Gasteiger partial charge in [-0.25, -0.2) is 14.3 Å². The molecule has 27 heavy (non-hydrogen) atoms. The highest BCUT2D eigenvalue weighted by Crippen LogP contribution is 2.09. The molecule has 8 nitrogen and oxygen atoms in total. The van der Waals surface area contributed by atoms with E-state index in [4.69, 9.17) is 15.9 Å². The minimum absolute atomic E-state index is 0.00241. The third-order valence-corrected chi connectivity index (χ3v) is 3.43. The average molecular weight is 367 g/mol. The molecule has 0 bridgehead atoms. The van der Waals surface area contributed by atoms with Gasteiger partial charge in [0.2, 0.25) is 0 Å². The molecule has 1 amide bonds. The highest BCUT2D eigenvalue weighted by atomic mass is 16.4. The van der Waals surface area contributed by atoms with E-state index in [9.17, 15) is 14.4 Å². The summed E-state index contributed by atoms with van der Waals surface area (Å²) in [6.45, 7) is 1.65. The van der Waals surface area contributed by atoms with Crippen LogP contribution in [0.15, 0.2) is 60.8 Å². The number of carboxylic acids is 2. The zero-order chi connectivity index (χ0) is 20.0. The van der Waals surface area contributed by atoms with Gasteiger partial charge >= 0.3 is 11.9 Å². The summed E-state index contributed by atoms with van der Waals surface area (Å²) in [7, 11) is 0.